The maximum absolute atomic E-state index is 6.32. The van der Waals surface area contributed by atoms with E-state index in [0.717, 1.165) is 5.02 Å². The largest absolute Gasteiger partial charge is 0.118 e. The molecule has 1 aromatic rings. The van der Waals surface area contributed by atoms with Crippen LogP contribution in [0.5, 0.6) is 0 Å². The number of alkyl halides is 1. The van der Waals surface area contributed by atoms with Gasteiger partial charge < -0.3 is 0 Å². The predicted octanol–water partition coefficient (Wildman–Crippen LogP) is 4.42. The minimum atomic E-state index is 0.186. The predicted molar refractivity (Wildman–Crippen MR) is 57.4 cm³/mol. The molecule has 0 bridgehead atoms. The van der Waals surface area contributed by atoms with Crippen LogP contribution in [0.3, 0.4) is 0 Å². The van der Waals surface area contributed by atoms with E-state index in [9.17, 15) is 0 Å². The van der Waals surface area contributed by atoms with E-state index in [1.807, 2.05) is 24.3 Å². The Kier molecular flexibility index (Phi) is 2.80. The van der Waals surface area contributed by atoms with Crippen molar-refractivity contribution < 1.29 is 0 Å². The Hall–Kier alpha value is -0.200. The van der Waals surface area contributed by atoms with Crippen molar-refractivity contribution in [2.75, 3.05) is 0 Å². The molecule has 1 aliphatic rings. The lowest BCUT2D eigenvalue weighted by molar-refractivity contribution is 0.305. The van der Waals surface area contributed by atoms with Gasteiger partial charge in [-0.25, -0.2) is 0 Å². The van der Waals surface area contributed by atoms with Crippen LogP contribution in [0.2, 0.25) is 5.02 Å². The minimum absolute atomic E-state index is 0.186. The first kappa shape index (κ1) is 9.36. The van der Waals surface area contributed by atoms with Crippen molar-refractivity contribution in [1.29, 1.82) is 0 Å². The van der Waals surface area contributed by atoms with Crippen LogP contribution < -0.4 is 0 Å². The van der Waals surface area contributed by atoms with Crippen molar-refractivity contribution in [3.63, 3.8) is 0 Å². The summed E-state index contributed by atoms with van der Waals surface area (Å²) in [5.74, 6) is 0.683. The SMILES string of the molecule is Clc1ccc(C(Cl)C2CCC2)cc1. The standard InChI is InChI=1S/C11H12Cl2/c12-10-6-4-9(5-7-10)11(13)8-2-1-3-8/h4-8,11H,1-3H2. The number of rotatable bonds is 2. The summed E-state index contributed by atoms with van der Waals surface area (Å²) in [4.78, 5) is 0. The lowest BCUT2D eigenvalue weighted by Crippen LogP contribution is -2.16. The summed E-state index contributed by atoms with van der Waals surface area (Å²) in [6, 6.07) is 7.87. The Morgan fingerprint density at radius 1 is 1.15 bits per heavy atom. The molecule has 0 aliphatic heterocycles. The smallest absolute Gasteiger partial charge is 0.0613 e. The van der Waals surface area contributed by atoms with Gasteiger partial charge in [0.2, 0.25) is 0 Å². The van der Waals surface area contributed by atoms with Gasteiger partial charge in [0.15, 0.2) is 0 Å². The summed E-state index contributed by atoms with van der Waals surface area (Å²) in [5.41, 5.74) is 1.20. The monoisotopic (exact) mass is 214 g/mol. The second-order valence-corrected chi connectivity index (χ2v) is 4.55. The number of halogens is 2. The van der Waals surface area contributed by atoms with E-state index in [1.165, 1.54) is 24.8 Å². The van der Waals surface area contributed by atoms with Gasteiger partial charge in [0.1, 0.15) is 0 Å². The summed E-state index contributed by atoms with van der Waals surface area (Å²) in [6.07, 6.45) is 3.88. The van der Waals surface area contributed by atoms with Crippen molar-refractivity contribution >= 4 is 23.2 Å². The van der Waals surface area contributed by atoms with Crippen molar-refractivity contribution in [3.8, 4) is 0 Å². The second kappa shape index (κ2) is 3.89. The first-order chi connectivity index (χ1) is 6.27. The quantitative estimate of drug-likeness (QED) is 0.640. The van der Waals surface area contributed by atoms with Gasteiger partial charge in [0.25, 0.3) is 0 Å². The number of benzene rings is 1. The molecule has 1 fully saturated rings. The number of hydrogen-bond acceptors (Lipinski definition) is 0. The third-order valence-corrected chi connectivity index (χ3v) is 3.61. The van der Waals surface area contributed by atoms with Gasteiger partial charge in [0.05, 0.1) is 5.38 Å². The van der Waals surface area contributed by atoms with E-state index in [2.05, 4.69) is 0 Å². The first-order valence-electron chi connectivity index (χ1n) is 4.67. The molecule has 0 amide bonds. The van der Waals surface area contributed by atoms with Crippen LogP contribution in [0.1, 0.15) is 30.2 Å². The summed E-state index contributed by atoms with van der Waals surface area (Å²) >= 11 is 12.1. The van der Waals surface area contributed by atoms with Crippen LogP contribution in [0.4, 0.5) is 0 Å². The first-order valence-corrected chi connectivity index (χ1v) is 5.48. The highest BCUT2D eigenvalue weighted by molar-refractivity contribution is 6.30. The normalized spacial score (nSPS) is 19.5. The van der Waals surface area contributed by atoms with Crippen molar-refractivity contribution in [1.82, 2.24) is 0 Å². The fourth-order valence-corrected chi connectivity index (χ4v) is 2.17. The van der Waals surface area contributed by atoms with Crippen molar-refractivity contribution in [2.24, 2.45) is 5.92 Å². The molecule has 0 aromatic heterocycles. The Bertz CT molecular complexity index is 275. The maximum Gasteiger partial charge on any atom is 0.0613 e. The second-order valence-electron chi connectivity index (χ2n) is 3.64. The van der Waals surface area contributed by atoms with E-state index in [-0.39, 0.29) is 5.38 Å². The molecule has 0 N–H and O–H groups in total. The van der Waals surface area contributed by atoms with Gasteiger partial charge in [-0.3, -0.25) is 0 Å². The van der Waals surface area contributed by atoms with Crippen LogP contribution in [-0.2, 0) is 0 Å². The fourth-order valence-electron chi connectivity index (χ4n) is 1.65. The lowest BCUT2D eigenvalue weighted by atomic mass is 9.80. The molecule has 0 spiro atoms. The van der Waals surface area contributed by atoms with Crippen LogP contribution in [0.25, 0.3) is 0 Å². The van der Waals surface area contributed by atoms with E-state index in [1.54, 1.807) is 0 Å². The highest BCUT2D eigenvalue weighted by atomic mass is 35.5. The third kappa shape index (κ3) is 2.00. The molecule has 1 unspecified atom stereocenters. The molecular formula is C11H12Cl2. The zero-order chi connectivity index (χ0) is 9.26. The highest BCUT2D eigenvalue weighted by Crippen LogP contribution is 2.41. The molecule has 0 heterocycles. The lowest BCUT2D eigenvalue weighted by Gasteiger charge is -2.30. The van der Waals surface area contributed by atoms with Gasteiger partial charge in [-0.2, -0.15) is 0 Å². The average Bonchev–Trinajstić information content (AvgIpc) is 2.02. The molecule has 2 rings (SSSR count). The molecule has 0 nitrogen and oxygen atoms in total. The molecule has 1 saturated carbocycles. The zero-order valence-corrected chi connectivity index (χ0v) is 8.85. The van der Waals surface area contributed by atoms with Crippen LogP contribution in [0.15, 0.2) is 24.3 Å². The van der Waals surface area contributed by atoms with E-state index in [4.69, 9.17) is 23.2 Å². The molecule has 1 aromatic carbocycles. The van der Waals surface area contributed by atoms with E-state index in [0.29, 0.717) is 5.92 Å². The van der Waals surface area contributed by atoms with Crippen LogP contribution in [-0.4, -0.2) is 0 Å². The van der Waals surface area contributed by atoms with Crippen LogP contribution in [0, 0.1) is 5.92 Å². The Labute approximate surface area is 88.9 Å². The molecule has 70 valence electrons. The topological polar surface area (TPSA) is 0 Å². The Balaban J connectivity index is 2.10. The summed E-state index contributed by atoms with van der Waals surface area (Å²) in [5, 5.41) is 0.965. The number of hydrogen-bond donors (Lipinski definition) is 0. The Morgan fingerprint density at radius 3 is 2.23 bits per heavy atom. The third-order valence-electron chi connectivity index (χ3n) is 2.75. The molecule has 13 heavy (non-hydrogen) atoms. The van der Waals surface area contributed by atoms with Crippen molar-refractivity contribution in [2.45, 2.75) is 24.6 Å². The van der Waals surface area contributed by atoms with Gasteiger partial charge in [-0.1, -0.05) is 30.2 Å². The van der Waals surface area contributed by atoms with Crippen molar-refractivity contribution in [3.05, 3.63) is 34.9 Å². The van der Waals surface area contributed by atoms with Crippen LogP contribution >= 0.6 is 23.2 Å². The summed E-state index contributed by atoms with van der Waals surface area (Å²) in [6.45, 7) is 0. The molecule has 1 atom stereocenters. The van der Waals surface area contributed by atoms with Gasteiger partial charge >= 0.3 is 0 Å². The molecule has 0 saturated heterocycles. The molecule has 2 heteroatoms. The maximum atomic E-state index is 6.32. The van der Waals surface area contributed by atoms with Gasteiger partial charge in [0, 0.05) is 5.02 Å². The van der Waals surface area contributed by atoms with Gasteiger partial charge in [-0.15, -0.1) is 11.6 Å². The highest BCUT2D eigenvalue weighted by Gasteiger charge is 2.26. The summed E-state index contributed by atoms with van der Waals surface area (Å²) in [7, 11) is 0. The zero-order valence-electron chi connectivity index (χ0n) is 7.34. The average molecular weight is 215 g/mol. The molecule has 0 radical (unpaired) electrons. The minimum Gasteiger partial charge on any atom is -0.118 e. The van der Waals surface area contributed by atoms with E-state index >= 15 is 0 Å². The van der Waals surface area contributed by atoms with Gasteiger partial charge in [-0.05, 0) is 36.5 Å². The molecular weight excluding hydrogens is 203 g/mol. The summed E-state index contributed by atoms with van der Waals surface area (Å²) < 4.78 is 0. The Morgan fingerprint density at radius 2 is 1.77 bits per heavy atom. The van der Waals surface area contributed by atoms with E-state index < -0.39 is 0 Å². The fraction of sp³-hybridized carbons (Fsp3) is 0.455. The molecule has 1 aliphatic carbocycles.